The third kappa shape index (κ3) is 2.38. The first kappa shape index (κ1) is 15.7. The van der Waals surface area contributed by atoms with Crippen LogP contribution in [0.1, 0.15) is 35.4 Å². The molecule has 1 atom stereocenters. The lowest BCUT2D eigenvalue weighted by Gasteiger charge is -2.25. The molecule has 7 heteroatoms. The first-order valence-corrected chi connectivity index (χ1v) is 8.23. The van der Waals surface area contributed by atoms with E-state index in [1.54, 1.807) is 0 Å². The number of aromatic nitrogens is 3. The van der Waals surface area contributed by atoms with Crippen molar-refractivity contribution in [1.82, 2.24) is 19.9 Å². The highest BCUT2D eigenvalue weighted by atomic mass is 15.2. The second-order valence-corrected chi connectivity index (χ2v) is 6.38. The summed E-state index contributed by atoms with van der Waals surface area (Å²) in [5.41, 5.74) is 4.56. The highest BCUT2D eigenvalue weighted by Gasteiger charge is 2.23. The molecule has 3 aromatic rings. The average Bonchev–Trinajstić information content (AvgIpc) is 2.97. The molecule has 1 aliphatic heterocycles. The number of hydrogen-bond donors (Lipinski definition) is 2. The van der Waals surface area contributed by atoms with Crippen LogP contribution in [0.25, 0.3) is 16.9 Å². The zero-order valence-electron chi connectivity index (χ0n) is 14.2. The monoisotopic (exact) mass is 328 g/mol. The quantitative estimate of drug-likeness (QED) is 0.706. The molecule has 1 unspecified atom stereocenters. The maximum Gasteiger partial charge on any atom is 0.236 e. The number of rotatable bonds is 2. The van der Waals surface area contributed by atoms with E-state index < -0.39 is 0 Å². The van der Waals surface area contributed by atoms with Gasteiger partial charge in [0.2, 0.25) is 13.9 Å². The molecule has 0 spiro atoms. The number of nitriles is 1. The van der Waals surface area contributed by atoms with Crippen molar-refractivity contribution in [3.63, 3.8) is 0 Å². The smallest absolute Gasteiger partial charge is 0.236 e. The fraction of sp³-hybridized carbons (Fsp3) is 0.278. The van der Waals surface area contributed by atoms with Crippen LogP contribution in [0.5, 0.6) is 0 Å². The summed E-state index contributed by atoms with van der Waals surface area (Å²) in [6.45, 7) is 5.70. The van der Waals surface area contributed by atoms with Crippen LogP contribution in [-0.4, -0.2) is 29.1 Å². The zero-order chi connectivity index (χ0) is 17.6. The number of aryl methyl sites for hydroxylation is 1. The molecule has 0 fully saturated rings. The lowest BCUT2D eigenvalue weighted by Crippen LogP contribution is -2.29. The van der Waals surface area contributed by atoms with Crippen LogP contribution >= 0.6 is 0 Å². The highest BCUT2D eigenvalue weighted by Crippen LogP contribution is 2.30. The van der Waals surface area contributed by atoms with Crippen molar-refractivity contribution in [2.45, 2.75) is 26.3 Å². The van der Waals surface area contributed by atoms with Crippen molar-refractivity contribution in [2.75, 3.05) is 11.8 Å². The molecule has 0 aliphatic carbocycles. The molecule has 122 valence electrons. The van der Waals surface area contributed by atoms with E-state index in [2.05, 4.69) is 28.5 Å². The molecular formula is C18H17BN6. The standard InChI is InChI=1S/C18H17BN6/c1-10-8-21-9-14-16(10)22-18(23-17(14)24-19)25-11(2)6-13-12(7-20)4-3-5-15(13)25/h3-6,10,21H,8-9H2,1-2H3,(H,22,23,24). The van der Waals surface area contributed by atoms with E-state index in [4.69, 9.17) is 13.0 Å². The molecule has 0 bridgehead atoms. The van der Waals surface area contributed by atoms with E-state index in [0.29, 0.717) is 23.9 Å². The van der Waals surface area contributed by atoms with Gasteiger partial charge in [0, 0.05) is 35.7 Å². The number of fused-ring (bicyclic) bond motifs is 2. The topological polar surface area (TPSA) is 78.6 Å². The molecule has 0 saturated heterocycles. The summed E-state index contributed by atoms with van der Waals surface area (Å²) < 4.78 is 1.98. The largest absolute Gasteiger partial charge is 0.422 e. The predicted molar refractivity (Wildman–Crippen MR) is 97.8 cm³/mol. The molecule has 1 aromatic carbocycles. The number of hydrogen-bond acceptors (Lipinski definition) is 5. The van der Waals surface area contributed by atoms with Crippen LogP contribution in [0.3, 0.4) is 0 Å². The summed E-state index contributed by atoms with van der Waals surface area (Å²) in [5, 5.41) is 16.3. The van der Waals surface area contributed by atoms with Crippen LogP contribution < -0.4 is 10.5 Å². The molecule has 2 radical (unpaired) electrons. The Kier molecular flexibility index (Phi) is 3.70. The zero-order valence-corrected chi connectivity index (χ0v) is 14.2. The van der Waals surface area contributed by atoms with Crippen LogP contribution in [-0.2, 0) is 6.54 Å². The Morgan fingerprint density at radius 3 is 3.00 bits per heavy atom. The van der Waals surface area contributed by atoms with E-state index >= 15 is 0 Å². The number of anilines is 1. The third-order valence-corrected chi connectivity index (χ3v) is 4.73. The van der Waals surface area contributed by atoms with Gasteiger partial charge < -0.3 is 10.5 Å². The second-order valence-electron chi connectivity index (χ2n) is 6.38. The van der Waals surface area contributed by atoms with Gasteiger partial charge in [-0.15, -0.1) is 0 Å². The molecule has 2 N–H and O–H groups in total. The van der Waals surface area contributed by atoms with Crippen molar-refractivity contribution in [2.24, 2.45) is 0 Å². The Hall–Kier alpha value is -2.85. The van der Waals surface area contributed by atoms with Crippen molar-refractivity contribution < 1.29 is 0 Å². The molecule has 2 aromatic heterocycles. The van der Waals surface area contributed by atoms with Gasteiger partial charge in [-0.1, -0.05) is 13.0 Å². The lowest BCUT2D eigenvalue weighted by molar-refractivity contribution is 0.553. The van der Waals surface area contributed by atoms with Crippen LogP contribution in [0.15, 0.2) is 24.3 Å². The lowest BCUT2D eigenvalue weighted by atomic mass is 9.98. The highest BCUT2D eigenvalue weighted by molar-refractivity contribution is 6.15. The summed E-state index contributed by atoms with van der Waals surface area (Å²) >= 11 is 0. The SMILES string of the molecule is [B]Nc1nc(-n2c(C)cc3c(C#N)cccc32)nc2c1CNCC2C. The van der Waals surface area contributed by atoms with Gasteiger partial charge in [0.05, 0.1) is 22.8 Å². The molecule has 0 saturated carbocycles. The Morgan fingerprint density at radius 2 is 2.24 bits per heavy atom. The normalized spacial score (nSPS) is 16.4. The fourth-order valence-electron chi connectivity index (χ4n) is 3.53. The van der Waals surface area contributed by atoms with Gasteiger partial charge in [0.1, 0.15) is 5.82 Å². The Bertz CT molecular complexity index is 1020. The molecule has 25 heavy (non-hydrogen) atoms. The van der Waals surface area contributed by atoms with Crippen LogP contribution in [0.4, 0.5) is 5.82 Å². The number of nitrogens with zero attached hydrogens (tertiary/aromatic N) is 4. The Balaban J connectivity index is 2.00. The summed E-state index contributed by atoms with van der Waals surface area (Å²) in [6.07, 6.45) is 0. The minimum Gasteiger partial charge on any atom is -0.422 e. The van der Waals surface area contributed by atoms with Gasteiger partial charge in [-0.2, -0.15) is 10.2 Å². The van der Waals surface area contributed by atoms with Gasteiger partial charge in [-0.25, -0.2) is 4.98 Å². The molecule has 4 rings (SSSR count). The molecule has 6 nitrogen and oxygen atoms in total. The Labute approximate surface area is 147 Å². The number of benzene rings is 1. The maximum atomic E-state index is 9.36. The summed E-state index contributed by atoms with van der Waals surface area (Å²) in [6, 6.07) is 9.92. The summed E-state index contributed by atoms with van der Waals surface area (Å²) in [4.78, 5) is 9.49. The van der Waals surface area contributed by atoms with E-state index in [1.807, 2.05) is 35.8 Å². The van der Waals surface area contributed by atoms with Crippen LogP contribution in [0.2, 0.25) is 0 Å². The van der Waals surface area contributed by atoms with Crippen molar-refractivity contribution in [3.8, 4) is 12.0 Å². The number of nitrogens with one attached hydrogen (secondary N) is 2. The van der Waals surface area contributed by atoms with Crippen molar-refractivity contribution >= 4 is 24.7 Å². The second kappa shape index (κ2) is 5.90. The Morgan fingerprint density at radius 1 is 1.40 bits per heavy atom. The van der Waals surface area contributed by atoms with E-state index in [-0.39, 0.29) is 5.92 Å². The molecule has 0 amide bonds. The summed E-state index contributed by atoms with van der Waals surface area (Å²) in [7, 11) is 5.72. The van der Waals surface area contributed by atoms with Gasteiger partial charge in [-0.3, -0.25) is 4.57 Å². The van der Waals surface area contributed by atoms with Gasteiger partial charge in [0.25, 0.3) is 0 Å². The minimum absolute atomic E-state index is 0.273. The average molecular weight is 328 g/mol. The summed E-state index contributed by atoms with van der Waals surface area (Å²) in [5.74, 6) is 1.48. The molecular weight excluding hydrogens is 311 g/mol. The van der Waals surface area contributed by atoms with E-state index in [0.717, 1.165) is 34.4 Å². The first-order valence-electron chi connectivity index (χ1n) is 8.23. The van der Waals surface area contributed by atoms with Gasteiger partial charge >= 0.3 is 0 Å². The van der Waals surface area contributed by atoms with Crippen LogP contribution in [0, 0.1) is 18.3 Å². The van der Waals surface area contributed by atoms with Crippen molar-refractivity contribution in [1.29, 1.82) is 5.26 Å². The molecule has 1 aliphatic rings. The molecule has 3 heterocycles. The minimum atomic E-state index is 0.273. The maximum absolute atomic E-state index is 9.36. The predicted octanol–water partition coefficient (Wildman–Crippen LogP) is 2.30. The van der Waals surface area contributed by atoms with Gasteiger partial charge in [0.15, 0.2) is 0 Å². The van der Waals surface area contributed by atoms with E-state index in [9.17, 15) is 5.26 Å². The van der Waals surface area contributed by atoms with Crippen molar-refractivity contribution in [3.05, 3.63) is 46.8 Å². The van der Waals surface area contributed by atoms with Gasteiger partial charge in [-0.05, 0) is 25.1 Å². The third-order valence-electron chi connectivity index (χ3n) is 4.73. The van der Waals surface area contributed by atoms with E-state index in [1.165, 1.54) is 0 Å². The fourth-order valence-corrected chi connectivity index (χ4v) is 3.53. The first-order chi connectivity index (χ1) is 12.1.